The lowest BCUT2D eigenvalue weighted by molar-refractivity contribution is -0.207. The van der Waals surface area contributed by atoms with Crippen molar-refractivity contribution in [2.24, 2.45) is 52.3 Å². The van der Waals surface area contributed by atoms with Crippen molar-refractivity contribution >= 4 is 10.4 Å². The van der Waals surface area contributed by atoms with Crippen LogP contribution in [0.25, 0.3) is 0 Å². The second-order valence-electron chi connectivity index (χ2n) is 13.3. The number of hydrogen-bond acceptors (Lipinski definition) is 8. The van der Waals surface area contributed by atoms with Crippen LogP contribution in [0, 0.1) is 52.3 Å². The Bertz CT molecular complexity index is 898. The molecule has 10 heteroatoms. The Morgan fingerprint density at radius 1 is 1.00 bits per heavy atom. The Hall–Kier alpha value is -0.330. The van der Waals surface area contributed by atoms with Crippen molar-refractivity contribution in [3.8, 4) is 0 Å². The van der Waals surface area contributed by atoms with Crippen molar-refractivity contribution in [2.75, 3.05) is 13.2 Å². The standard InChI is InChI=1S/C27H48O9S/c1-15(4-7-22(30)16(13-28)14-36-37(33,34)35)19-5-6-20-25-21(12-24(32)27(19,20)3)26(2)9-8-18(29)10-17(26)11-23(25)31/h15-25,28-32H,4-14H2,1-3H3,(H,33,34,35)/t15?,16?,17-,18?,19?,20?,21?,22+,23?,24?,25?,26?,27?/m0/s1. The summed E-state index contributed by atoms with van der Waals surface area (Å²) in [6.07, 6.45) is 4.54. The molecule has 4 saturated carbocycles. The molecule has 0 aromatic heterocycles. The minimum Gasteiger partial charge on any atom is -0.396 e. The second-order valence-corrected chi connectivity index (χ2v) is 14.4. The SMILES string of the molecule is CC(CC[C@@H](O)C(CO)COS(=O)(=O)O)C1CCC2C3C(O)C[C@@H]4CC(O)CCC4(C)C3CC(O)C12C. The maximum absolute atomic E-state index is 11.7. The van der Waals surface area contributed by atoms with E-state index in [1.165, 1.54) is 0 Å². The second kappa shape index (κ2) is 10.9. The lowest BCUT2D eigenvalue weighted by atomic mass is 9.43. The van der Waals surface area contributed by atoms with Gasteiger partial charge in [0, 0.05) is 5.92 Å². The molecule has 6 N–H and O–H groups in total. The molecule has 0 heterocycles. The minimum absolute atomic E-state index is 0.0304. The molecule has 4 aliphatic rings. The molecule has 4 aliphatic carbocycles. The molecule has 0 saturated heterocycles. The Balaban J connectivity index is 1.45. The summed E-state index contributed by atoms with van der Waals surface area (Å²) >= 11 is 0. The van der Waals surface area contributed by atoms with E-state index in [2.05, 4.69) is 25.0 Å². The Labute approximate surface area is 221 Å². The quantitative estimate of drug-likeness (QED) is 0.237. The Kier molecular flexibility index (Phi) is 8.75. The van der Waals surface area contributed by atoms with Gasteiger partial charge in [-0.2, -0.15) is 8.42 Å². The van der Waals surface area contributed by atoms with Crippen LogP contribution >= 0.6 is 0 Å². The number of fused-ring (bicyclic) bond motifs is 5. The molecule has 0 spiro atoms. The molecule has 0 radical (unpaired) electrons. The fourth-order valence-electron chi connectivity index (χ4n) is 9.46. The zero-order chi connectivity index (χ0) is 27.3. The fraction of sp³-hybridized carbons (Fsp3) is 1.00. The van der Waals surface area contributed by atoms with Crippen LogP contribution in [0.2, 0.25) is 0 Å². The first kappa shape index (κ1) is 29.6. The summed E-state index contributed by atoms with van der Waals surface area (Å²) in [6, 6.07) is 0. The monoisotopic (exact) mass is 548 g/mol. The highest BCUT2D eigenvalue weighted by atomic mass is 32.3. The molecule has 216 valence electrons. The zero-order valence-electron chi connectivity index (χ0n) is 22.4. The van der Waals surface area contributed by atoms with Crippen LogP contribution in [0.1, 0.15) is 78.6 Å². The Morgan fingerprint density at radius 3 is 2.35 bits per heavy atom. The molecule has 37 heavy (non-hydrogen) atoms. The average Bonchev–Trinajstić information content (AvgIpc) is 3.17. The van der Waals surface area contributed by atoms with Crippen LogP contribution in [-0.4, -0.2) is 76.1 Å². The third-order valence-electron chi connectivity index (χ3n) is 11.6. The van der Waals surface area contributed by atoms with Crippen molar-refractivity contribution in [1.29, 1.82) is 0 Å². The number of aliphatic hydroxyl groups is 5. The van der Waals surface area contributed by atoms with Crippen LogP contribution < -0.4 is 0 Å². The highest BCUT2D eigenvalue weighted by Crippen LogP contribution is 2.68. The maximum atomic E-state index is 11.7. The molecule has 4 fully saturated rings. The van der Waals surface area contributed by atoms with Gasteiger partial charge in [-0.25, -0.2) is 4.18 Å². The van der Waals surface area contributed by atoms with Gasteiger partial charge in [-0.1, -0.05) is 20.8 Å². The van der Waals surface area contributed by atoms with Crippen LogP contribution in [0.5, 0.6) is 0 Å². The van der Waals surface area contributed by atoms with E-state index in [0.717, 1.165) is 38.5 Å². The van der Waals surface area contributed by atoms with Gasteiger partial charge < -0.3 is 25.5 Å². The van der Waals surface area contributed by atoms with Crippen molar-refractivity contribution in [3.63, 3.8) is 0 Å². The van der Waals surface area contributed by atoms with Gasteiger partial charge >= 0.3 is 10.4 Å². The van der Waals surface area contributed by atoms with E-state index in [4.69, 9.17) is 4.55 Å². The van der Waals surface area contributed by atoms with Gasteiger partial charge in [0.2, 0.25) is 0 Å². The number of aliphatic hydroxyl groups excluding tert-OH is 5. The van der Waals surface area contributed by atoms with E-state index < -0.39 is 47.8 Å². The van der Waals surface area contributed by atoms with Gasteiger partial charge in [0.05, 0.1) is 37.6 Å². The molecule has 0 bridgehead atoms. The van der Waals surface area contributed by atoms with Gasteiger partial charge in [0.25, 0.3) is 0 Å². The first-order valence-electron chi connectivity index (χ1n) is 14.2. The number of hydrogen-bond donors (Lipinski definition) is 6. The largest absolute Gasteiger partial charge is 0.397 e. The van der Waals surface area contributed by atoms with Gasteiger partial charge in [-0.3, -0.25) is 4.55 Å². The van der Waals surface area contributed by atoms with E-state index in [1.807, 2.05) is 0 Å². The van der Waals surface area contributed by atoms with Crippen molar-refractivity contribution in [3.05, 3.63) is 0 Å². The van der Waals surface area contributed by atoms with E-state index in [-0.39, 0.29) is 52.4 Å². The molecule has 4 rings (SSSR count). The first-order chi connectivity index (χ1) is 17.2. The molecule has 13 atom stereocenters. The van der Waals surface area contributed by atoms with E-state index in [0.29, 0.717) is 19.3 Å². The third kappa shape index (κ3) is 5.51. The van der Waals surface area contributed by atoms with Crippen molar-refractivity contribution < 1.29 is 42.7 Å². The number of rotatable bonds is 9. The minimum atomic E-state index is -4.65. The normalized spacial score (nSPS) is 46.4. The molecule has 0 amide bonds. The molecule has 9 nitrogen and oxygen atoms in total. The van der Waals surface area contributed by atoms with E-state index in [1.54, 1.807) is 0 Å². The molecule has 11 unspecified atom stereocenters. The van der Waals surface area contributed by atoms with Gasteiger partial charge in [-0.05, 0) is 104 Å². The lowest BCUT2D eigenvalue weighted by Gasteiger charge is -2.63. The summed E-state index contributed by atoms with van der Waals surface area (Å²) in [5.41, 5.74) is -0.309. The summed E-state index contributed by atoms with van der Waals surface area (Å²) in [5, 5.41) is 53.5. The van der Waals surface area contributed by atoms with Crippen molar-refractivity contribution in [2.45, 2.75) is 103 Å². The smallest absolute Gasteiger partial charge is 0.396 e. The van der Waals surface area contributed by atoms with Crippen LogP contribution in [-0.2, 0) is 14.6 Å². The summed E-state index contributed by atoms with van der Waals surface area (Å²) in [6.45, 7) is 5.67. The van der Waals surface area contributed by atoms with Crippen molar-refractivity contribution in [1.82, 2.24) is 0 Å². The van der Waals surface area contributed by atoms with E-state index >= 15 is 0 Å². The molecule has 0 aromatic rings. The van der Waals surface area contributed by atoms with Crippen LogP contribution in [0.3, 0.4) is 0 Å². The highest BCUT2D eigenvalue weighted by molar-refractivity contribution is 7.80. The zero-order valence-corrected chi connectivity index (χ0v) is 23.3. The molecular formula is C27H48O9S. The average molecular weight is 549 g/mol. The summed E-state index contributed by atoms with van der Waals surface area (Å²) < 4.78 is 34.9. The summed E-state index contributed by atoms with van der Waals surface area (Å²) in [5.74, 6) is 0.439. The van der Waals surface area contributed by atoms with Gasteiger partial charge in [0.15, 0.2) is 0 Å². The van der Waals surface area contributed by atoms with Gasteiger partial charge in [0.1, 0.15) is 0 Å². The molecule has 0 aromatic carbocycles. The third-order valence-corrected chi connectivity index (χ3v) is 12.1. The maximum Gasteiger partial charge on any atom is 0.397 e. The van der Waals surface area contributed by atoms with Gasteiger partial charge in [-0.15, -0.1) is 0 Å². The summed E-state index contributed by atoms with van der Waals surface area (Å²) in [7, 11) is -4.65. The molecular weight excluding hydrogens is 500 g/mol. The summed E-state index contributed by atoms with van der Waals surface area (Å²) in [4.78, 5) is 0. The fourth-order valence-corrected chi connectivity index (χ4v) is 9.81. The Morgan fingerprint density at radius 2 is 1.70 bits per heavy atom. The van der Waals surface area contributed by atoms with Crippen LogP contribution in [0.4, 0.5) is 0 Å². The lowest BCUT2D eigenvalue weighted by Crippen LogP contribution is -2.62. The molecule has 0 aliphatic heterocycles. The predicted octanol–water partition coefficient (Wildman–Crippen LogP) is 2.15. The highest BCUT2D eigenvalue weighted by Gasteiger charge is 2.65. The topological polar surface area (TPSA) is 165 Å². The van der Waals surface area contributed by atoms with E-state index in [9.17, 15) is 34.0 Å². The predicted molar refractivity (Wildman–Crippen MR) is 136 cm³/mol. The first-order valence-corrected chi connectivity index (χ1v) is 15.5. The van der Waals surface area contributed by atoms with Crippen LogP contribution in [0.15, 0.2) is 0 Å².